The topological polar surface area (TPSA) is 66.9 Å². The lowest BCUT2D eigenvalue weighted by atomic mass is 10.0. The molecular formula is C17H24F2N2O4S. The summed E-state index contributed by atoms with van der Waals surface area (Å²) in [4.78, 5) is 13.1. The van der Waals surface area contributed by atoms with E-state index in [1.165, 1.54) is 4.90 Å². The molecule has 1 amide bonds. The van der Waals surface area contributed by atoms with Crippen molar-refractivity contribution in [3.8, 4) is 0 Å². The Kier molecular flexibility index (Phi) is 5.36. The summed E-state index contributed by atoms with van der Waals surface area (Å²) in [6.07, 6.45) is -0.532. The number of ether oxygens (including phenoxy) is 1. The lowest BCUT2D eigenvalue weighted by Gasteiger charge is -2.45. The zero-order valence-electron chi connectivity index (χ0n) is 15.5. The van der Waals surface area contributed by atoms with Crippen LogP contribution in [-0.4, -0.2) is 54.5 Å². The Morgan fingerprint density at radius 1 is 1.19 bits per heavy atom. The number of rotatable bonds is 2. The summed E-state index contributed by atoms with van der Waals surface area (Å²) in [6.45, 7) is 8.69. The summed E-state index contributed by atoms with van der Waals surface area (Å²) in [5, 5.41) is 0. The van der Waals surface area contributed by atoms with E-state index in [9.17, 15) is 22.0 Å². The highest BCUT2D eigenvalue weighted by molar-refractivity contribution is 7.89. The standard InChI is InChI=1S/C17H24F2N2O4S/c1-16(2,3)25-15(22)20-8-9-21(17(4,5)11-20)26(23,24)14-7-6-12(18)10-13(14)19/h6-7,10H,8-9,11H2,1-5H3. The van der Waals surface area contributed by atoms with Gasteiger partial charge in [-0.3, -0.25) is 0 Å². The van der Waals surface area contributed by atoms with Crippen molar-refractivity contribution in [2.75, 3.05) is 19.6 Å². The number of piperazine rings is 1. The number of amides is 1. The summed E-state index contributed by atoms with van der Waals surface area (Å²) in [5.74, 6) is -1.99. The molecule has 146 valence electrons. The molecule has 1 aliphatic heterocycles. The maximum absolute atomic E-state index is 14.0. The van der Waals surface area contributed by atoms with Crippen LogP contribution in [0.25, 0.3) is 0 Å². The maximum atomic E-state index is 14.0. The Morgan fingerprint density at radius 3 is 2.31 bits per heavy atom. The van der Waals surface area contributed by atoms with Gasteiger partial charge in [0, 0.05) is 31.2 Å². The van der Waals surface area contributed by atoms with E-state index in [0.29, 0.717) is 6.07 Å². The third-order valence-corrected chi connectivity index (χ3v) is 6.08. The van der Waals surface area contributed by atoms with Crippen molar-refractivity contribution in [1.29, 1.82) is 0 Å². The molecule has 0 radical (unpaired) electrons. The molecule has 2 rings (SSSR count). The zero-order valence-corrected chi connectivity index (χ0v) is 16.4. The highest BCUT2D eigenvalue weighted by Gasteiger charge is 2.44. The molecule has 1 aromatic rings. The summed E-state index contributed by atoms with van der Waals surface area (Å²) in [6, 6.07) is 2.35. The maximum Gasteiger partial charge on any atom is 0.410 e. The van der Waals surface area contributed by atoms with Gasteiger partial charge in [0.2, 0.25) is 10.0 Å². The third-order valence-electron chi connectivity index (χ3n) is 3.94. The minimum Gasteiger partial charge on any atom is -0.444 e. The number of hydrogen-bond acceptors (Lipinski definition) is 4. The smallest absolute Gasteiger partial charge is 0.410 e. The Balaban J connectivity index is 2.26. The van der Waals surface area contributed by atoms with E-state index < -0.39 is 43.8 Å². The highest BCUT2D eigenvalue weighted by Crippen LogP contribution is 2.30. The minimum atomic E-state index is -4.19. The number of carbonyl (C=O) groups is 1. The predicted octanol–water partition coefficient (Wildman–Crippen LogP) is 2.98. The Bertz CT molecular complexity index is 803. The van der Waals surface area contributed by atoms with Gasteiger partial charge in [-0.1, -0.05) is 0 Å². The Hall–Kier alpha value is -1.74. The van der Waals surface area contributed by atoms with Gasteiger partial charge < -0.3 is 9.64 Å². The predicted molar refractivity (Wildman–Crippen MR) is 92.1 cm³/mol. The van der Waals surface area contributed by atoms with Crippen molar-refractivity contribution >= 4 is 16.1 Å². The first kappa shape index (κ1) is 20.6. The molecule has 0 N–H and O–H groups in total. The van der Waals surface area contributed by atoms with Crippen LogP contribution in [0.2, 0.25) is 0 Å². The lowest BCUT2D eigenvalue weighted by molar-refractivity contribution is 0.00348. The zero-order chi connectivity index (χ0) is 19.9. The van der Waals surface area contributed by atoms with E-state index in [0.717, 1.165) is 16.4 Å². The van der Waals surface area contributed by atoms with Crippen molar-refractivity contribution in [1.82, 2.24) is 9.21 Å². The van der Waals surface area contributed by atoms with Crippen LogP contribution in [0, 0.1) is 11.6 Å². The van der Waals surface area contributed by atoms with Crippen LogP contribution in [-0.2, 0) is 14.8 Å². The van der Waals surface area contributed by atoms with Gasteiger partial charge in [0.1, 0.15) is 22.1 Å². The van der Waals surface area contributed by atoms with Crippen LogP contribution in [0.1, 0.15) is 34.6 Å². The molecule has 0 unspecified atom stereocenters. The van der Waals surface area contributed by atoms with Crippen LogP contribution in [0.15, 0.2) is 23.1 Å². The molecule has 1 fully saturated rings. The molecule has 0 bridgehead atoms. The third kappa shape index (κ3) is 4.32. The van der Waals surface area contributed by atoms with Crippen LogP contribution in [0.4, 0.5) is 13.6 Å². The number of nitrogens with zero attached hydrogens (tertiary/aromatic N) is 2. The van der Waals surface area contributed by atoms with Crippen molar-refractivity contribution in [3.05, 3.63) is 29.8 Å². The second-order valence-corrected chi connectivity index (χ2v) is 9.70. The van der Waals surface area contributed by atoms with Crippen molar-refractivity contribution < 1.29 is 26.7 Å². The average molecular weight is 390 g/mol. The second-order valence-electron chi connectivity index (χ2n) is 7.87. The van der Waals surface area contributed by atoms with E-state index in [1.54, 1.807) is 34.6 Å². The molecule has 0 aromatic heterocycles. The van der Waals surface area contributed by atoms with Gasteiger partial charge in [-0.2, -0.15) is 4.31 Å². The highest BCUT2D eigenvalue weighted by atomic mass is 32.2. The monoisotopic (exact) mass is 390 g/mol. The van der Waals surface area contributed by atoms with E-state index in [1.807, 2.05) is 0 Å². The number of benzene rings is 1. The summed E-state index contributed by atoms with van der Waals surface area (Å²) in [5.41, 5.74) is -1.66. The molecule has 0 atom stereocenters. The molecule has 1 aromatic carbocycles. The fourth-order valence-corrected chi connectivity index (χ4v) is 4.68. The van der Waals surface area contributed by atoms with Gasteiger partial charge in [0.25, 0.3) is 0 Å². The summed E-state index contributed by atoms with van der Waals surface area (Å²) in [7, 11) is -4.19. The molecule has 0 saturated carbocycles. The number of halogens is 2. The largest absolute Gasteiger partial charge is 0.444 e. The van der Waals surface area contributed by atoms with Crippen LogP contribution >= 0.6 is 0 Å². The molecule has 0 aliphatic carbocycles. The lowest BCUT2D eigenvalue weighted by Crippen LogP contribution is -2.62. The first-order valence-electron chi connectivity index (χ1n) is 8.20. The van der Waals surface area contributed by atoms with Crippen molar-refractivity contribution in [2.24, 2.45) is 0 Å². The van der Waals surface area contributed by atoms with Gasteiger partial charge in [-0.25, -0.2) is 22.0 Å². The first-order valence-corrected chi connectivity index (χ1v) is 9.64. The first-order chi connectivity index (χ1) is 11.7. The van der Waals surface area contributed by atoms with Crippen LogP contribution in [0.3, 0.4) is 0 Å². The average Bonchev–Trinajstić information content (AvgIpc) is 2.43. The number of hydrogen-bond donors (Lipinski definition) is 0. The van der Waals surface area contributed by atoms with E-state index in [-0.39, 0.29) is 19.6 Å². The van der Waals surface area contributed by atoms with Crippen LogP contribution < -0.4 is 0 Å². The van der Waals surface area contributed by atoms with E-state index in [4.69, 9.17) is 4.74 Å². The molecule has 0 spiro atoms. The van der Waals surface area contributed by atoms with Gasteiger partial charge in [0.15, 0.2) is 0 Å². The quantitative estimate of drug-likeness (QED) is 0.779. The normalized spacial score (nSPS) is 18.7. The number of sulfonamides is 1. The van der Waals surface area contributed by atoms with Gasteiger partial charge in [-0.05, 0) is 46.8 Å². The molecule has 6 nitrogen and oxygen atoms in total. The Morgan fingerprint density at radius 2 is 1.81 bits per heavy atom. The Labute approximate surface area is 152 Å². The molecular weight excluding hydrogens is 366 g/mol. The van der Waals surface area contributed by atoms with E-state index in [2.05, 4.69) is 0 Å². The minimum absolute atomic E-state index is 0.0224. The summed E-state index contributed by atoms with van der Waals surface area (Å²) >= 11 is 0. The molecule has 1 saturated heterocycles. The van der Waals surface area contributed by atoms with Crippen LogP contribution in [0.5, 0.6) is 0 Å². The molecule has 1 aliphatic rings. The molecule has 1 heterocycles. The summed E-state index contributed by atoms with van der Waals surface area (Å²) < 4.78 is 59.3. The van der Waals surface area contributed by atoms with Crippen molar-refractivity contribution in [3.63, 3.8) is 0 Å². The SMILES string of the molecule is CC(C)(C)OC(=O)N1CCN(S(=O)(=O)c2ccc(F)cc2F)C(C)(C)C1. The number of carbonyl (C=O) groups excluding carboxylic acids is 1. The van der Waals surface area contributed by atoms with Crippen molar-refractivity contribution in [2.45, 2.75) is 50.7 Å². The van der Waals surface area contributed by atoms with Gasteiger partial charge in [-0.15, -0.1) is 0 Å². The second kappa shape index (κ2) is 6.77. The van der Waals surface area contributed by atoms with Gasteiger partial charge in [0.05, 0.1) is 0 Å². The molecule has 26 heavy (non-hydrogen) atoms. The fraction of sp³-hybridized carbons (Fsp3) is 0.588. The van der Waals surface area contributed by atoms with Gasteiger partial charge >= 0.3 is 6.09 Å². The molecule has 9 heteroatoms. The fourth-order valence-electron chi connectivity index (χ4n) is 2.87. The van der Waals surface area contributed by atoms with E-state index >= 15 is 0 Å².